The Labute approximate surface area is 178 Å². The zero-order chi connectivity index (χ0) is 21.4. The number of para-hydroxylation sites is 1. The molecule has 2 amide bonds. The van der Waals surface area contributed by atoms with Crippen molar-refractivity contribution in [3.63, 3.8) is 0 Å². The maximum Gasteiger partial charge on any atom is 0.305 e. The van der Waals surface area contributed by atoms with Crippen LogP contribution < -0.4 is 15.6 Å². The van der Waals surface area contributed by atoms with Crippen LogP contribution in [-0.4, -0.2) is 18.4 Å². The summed E-state index contributed by atoms with van der Waals surface area (Å²) in [4.78, 5) is 24.6. The van der Waals surface area contributed by atoms with Gasteiger partial charge in [-0.15, -0.1) is 0 Å². The lowest BCUT2D eigenvalue weighted by atomic mass is 9.96. The van der Waals surface area contributed by atoms with Crippen molar-refractivity contribution in [3.8, 4) is 5.75 Å². The maximum atomic E-state index is 12.4. The van der Waals surface area contributed by atoms with E-state index in [-0.39, 0.29) is 12.4 Å². The number of rotatable bonds is 4. The van der Waals surface area contributed by atoms with E-state index in [1.165, 1.54) is 5.56 Å². The molecule has 0 radical (unpaired) electrons. The second-order valence-corrected chi connectivity index (χ2v) is 7.71. The third kappa shape index (κ3) is 3.63. The fraction of sp³-hybridized carbons (Fsp3) is 0.250. The molecule has 2 aromatic carbocycles. The van der Waals surface area contributed by atoms with Crippen LogP contribution in [0, 0.1) is 6.92 Å². The summed E-state index contributed by atoms with van der Waals surface area (Å²) >= 11 is 0. The van der Waals surface area contributed by atoms with Crippen LogP contribution in [-0.2, 0) is 17.6 Å². The Hall–Kier alpha value is -3.74. The van der Waals surface area contributed by atoms with Gasteiger partial charge in [0.2, 0.25) is 0 Å². The van der Waals surface area contributed by atoms with Gasteiger partial charge in [-0.25, -0.2) is 0 Å². The number of fused-ring (bicyclic) bond motifs is 4. The molecule has 1 aliphatic rings. The predicted molar refractivity (Wildman–Crippen MR) is 115 cm³/mol. The quantitative estimate of drug-likeness (QED) is 0.484. The van der Waals surface area contributed by atoms with E-state index >= 15 is 0 Å². The molecule has 0 atom stereocenters. The van der Waals surface area contributed by atoms with Gasteiger partial charge in [0.15, 0.2) is 12.4 Å². The Morgan fingerprint density at radius 1 is 0.968 bits per heavy atom. The van der Waals surface area contributed by atoms with Gasteiger partial charge in [0.05, 0.1) is 0 Å². The highest BCUT2D eigenvalue weighted by atomic mass is 16.5. The van der Waals surface area contributed by atoms with Crippen LogP contribution in [0.2, 0.25) is 0 Å². The molecule has 4 aromatic rings. The van der Waals surface area contributed by atoms with Gasteiger partial charge in [0.1, 0.15) is 22.7 Å². The Kier molecular flexibility index (Phi) is 4.86. The number of hydrazine groups is 1. The lowest BCUT2D eigenvalue weighted by Crippen LogP contribution is -2.43. The Morgan fingerprint density at radius 2 is 1.77 bits per heavy atom. The number of nitrogens with one attached hydrogen (secondary N) is 2. The Morgan fingerprint density at radius 3 is 2.65 bits per heavy atom. The fourth-order valence-corrected chi connectivity index (χ4v) is 4.09. The average molecular weight is 418 g/mol. The van der Waals surface area contributed by atoms with Crippen molar-refractivity contribution in [3.05, 3.63) is 65.1 Å². The molecule has 158 valence electrons. The van der Waals surface area contributed by atoms with Crippen LogP contribution in [0.15, 0.2) is 51.3 Å². The third-order valence-electron chi connectivity index (χ3n) is 5.66. The molecular formula is C24H22N2O5. The van der Waals surface area contributed by atoms with E-state index in [4.69, 9.17) is 13.6 Å². The van der Waals surface area contributed by atoms with E-state index < -0.39 is 11.8 Å². The van der Waals surface area contributed by atoms with Crippen LogP contribution in [0.1, 0.15) is 40.3 Å². The van der Waals surface area contributed by atoms with Crippen LogP contribution in [0.3, 0.4) is 0 Å². The molecule has 0 saturated heterocycles. The lowest BCUT2D eigenvalue weighted by molar-refractivity contribution is -0.123. The van der Waals surface area contributed by atoms with E-state index in [2.05, 4.69) is 10.9 Å². The normalized spacial score (nSPS) is 13.2. The van der Waals surface area contributed by atoms with Gasteiger partial charge in [0, 0.05) is 28.3 Å². The highest BCUT2D eigenvalue weighted by Gasteiger charge is 2.19. The minimum atomic E-state index is -0.520. The first-order chi connectivity index (χ1) is 15.1. The van der Waals surface area contributed by atoms with Crippen LogP contribution in [0.4, 0.5) is 0 Å². The van der Waals surface area contributed by atoms with Crippen molar-refractivity contribution < 1.29 is 23.2 Å². The largest absolute Gasteiger partial charge is 0.484 e. The first-order valence-corrected chi connectivity index (χ1v) is 10.3. The van der Waals surface area contributed by atoms with Gasteiger partial charge >= 0.3 is 5.91 Å². The first-order valence-electron chi connectivity index (χ1n) is 10.3. The summed E-state index contributed by atoms with van der Waals surface area (Å²) < 4.78 is 17.1. The topological polar surface area (TPSA) is 93.7 Å². The second kappa shape index (κ2) is 7.83. The van der Waals surface area contributed by atoms with Gasteiger partial charge in [-0.2, -0.15) is 0 Å². The molecule has 2 heterocycles. The average Bonchev–Trinajstić information content (AvgIpc) is 3.34. The van der Waals surface area contributed by atoms with Crippen molar-refractivity contribution in [2.45, 2.75) is 32.6 Å². The van der Waals surface area contributed by atoms with E-state index in [1.54, 1.807) is 19.1 Å². The molecule has 0 unspecified atom stereocenters. The van der Waals surface area contributed by atoms with Gasteiger partial charge in [-0.05, 0) is 50.5 Å². The van der Waals surface area contributed by atoms with Crippen LogP contribution in [0.5, 0.6) is 5.75 Å². The number of hydrogen-bond donors (Lipinski definition) is 2. The van der Waals surface area contributed by atoms with Crippen molar-refractivity contribution in [2.75, 3.05) is 6.61 Å². The maximum absolute atomic E-state index is 12.4. The standard InChI is InChI=1S/C24H22N2O5/c1-14-16-6-2-4-8-19(16)31-23(14)24(28)26-25-22(27)13-29-15-10-11-21-18(12-15)17-7-3-5-9-20(17)30-21/h2,4,6,8,10-12H,3,5,7,9,13H2,1H3,(H,25,27)(H,26,28). The summed E-state index contributed by atoms with van der Waals surface area (Å²) in [6.07, 6.45) is 4.27. The van der Waals surface area contributed by atoms with Crippen LogP contribution >= 0.6 is 0 Å². The Balaban J connectivity index is 1.20. The van der Waals surface area contributed by atoms with Crippen molar-refractivity contribution in [2.24, 2.45) is 0 Å². The van der Waals surface area contributed by atoms with E-state index in [1.807, 2.05) is 30.3 Å². The summed E-state index contributed by atoms with van der Waals surface area (Å²) in [5.41, 5.74) is 8.16. The number of amides is 2. The van der Waals surface area contributed by atoms with Gasteiger partial charge in [-0.3, -0.25) is 20.4 Å². The SMILES string of the molecule is Cc1c(C(=O)NNC(=O)COc2ccc3oc4c(c3c2)CCCC4)oc2ccccc12. The highest BCUT2D eigenvalue weighted by molar-refractivity contribution is 5.99. The summed E-state index contributed by atoms with van der Waals surface area (Å²) in [5, 5.41) is 1.90. The monoisotopic (exact) mass is 418 g/mol. The van der Waals surface area contributed by atoms with Crippen molar-refractivity contribution in [1.29, 1.82) is 0 Å². The molecule has 0 spiro atoms. The minimum absolute atomic E-state index is 0.164. The molecule has 31 heavy (non-hydrogen) atoms. The Bertz CT molecular complexity index is 1300. The molecule has 7 heteroatoms. The molecule has 1 aliphatic carbocycles. The van der Waals surface area contributed by atoms with Gasteiger partial charge in [-0.1, -0.05) is 18.2 Å². The first kappa shape index (κ1) is 19.2. The molecule has 0 bridgehead atoms. The molecule has 0 fully saturated rings. The molecule has 0 saturated carbocycles. The van der Waals surface area contributed by atoms with E-state index in [9.17, 15) is 9.59 Å². The molecule has 5 rings (SSSR count). The minimum Gasteiger partial charge on any atom is -0.484 e. The summed E-state index contributed by atoms with van der Waals surface area (Å²) in [6, 6.07) is 12.9. The highest BCUT2D eigenvalue weighted by Crippen LogP contribution is 2.34. The third-order valence-corrected chi connectivity index (χ3v) is 5.66. The summed E-state index contributed by atoms with van der Waals surface area (Å²) in [6.45, 7) is 1.57. The van der Waals surface area contributed by atoms with Crippen molar-refractivity contribution >= 4 is 33.8 Å². The number of benzene rings is 2. The van der Waals surface area contributed by atoms with E-state index in [0.29, 0.717) is 11.3 Å². The molecule has 0 aliphatic heterocycles. The second-order valence-electron chi connectivity index (χ2n) is 7.71. The van der Waals surface area contributed by atoms with Crippen molar-refractivity contribution in [1.82, 2.24) is 10.9 Å². The zero-order valence-electron chi connectivity index (χ0n) is 17.1. The molecule has 2 aromatic heterocycles. The number of ether oxygens (including phenoxy) is 1. The number of furan rings is 2. The zero-order valence-corrected chi connectivity index (χ0v) is 17.1. The lowest BCUT2D eigenvalue weighted by Gasteiger charge is -2.10. The smallest absolute Gasteiger partial charge is 0.305 e. The van der Waals surface area contributed by atoms with Crippen LogP contribution in [0.25, 0.3) is 21.9 Å². The number of hydrogen-bond acceptors (Lipinski definition) is 5. The number of carbonyl (C=O) groups excluding carboxylic acids is 2. The molecule has 7 nitrogen and oxygen atoms in total. The summed E-state index contributed by atoms with van der Waals surface area (Å²) in [5.74, 6) is 0.804. The summed E-state index contributed by atoms with van der Waals surface area (Å²) in [7, 11) is 0. The van der Waals surface area contributed by atoms with E-state index in [0.717, 1.165) is 53.4 Å². The number of aryl methyl sites for hydroxylation is 3. The predicted octanol–water partition coefficient (Wildman–Crippen LogP) is 4.21. The van der Waals surface area contributed by atoms with Gasteiger partial charge in [0.25, 0.3) is 5.91 Å². The number of carbonyl (C=O) groups is 2. The molecule has 2 N–H and O–H groups in total. The molecular weight excluding hydrogens is 396 g/mol. The fourth-order valence-electron chi connectivity index (χ4n) is 4.09. The van der Waals surface area contributed by atoms with Gasteiger partial charge < -0.3 is 13.6 Å².